The van der Waals surface area contributed by atoms with E-state index >= 15 is 0 Å². The van der Waals surface area contributed by atoms with Crippen LogP contribution in [0.1, 0.15) is 12.7 Å². The Morgan fingerprint density at radius 2 is 2.36 bits per heavy atom. The Hall–Kier alpha value is -1.41. The monoisotopic (exact) mass is 151 g/mol. The van der Waals surface area contributed by atoms with Crippen LogP contribution >= 0.6 is 0 Å². The van der Waals surface area contributed by atoms with Crippen molar-refractivity contribution in [1.82, 2.24) is 20.2 Å². The molecule has 0 aliphatic rings. The lowest BCUT2D eigenvalue weighted by Crippen LogP contribution is -2.11. The van der Waals surface area contributed by atoms with Gasteiger partial charge in [-0.15, -0.1) is 5.10 Å². The summed E-state index contributed by atoms with van der Waals surface area (Å²) in [5.74, 6) is 5.82. The molecular weight excluding hydrogens is 142 g/mol. The highest BCUT2D eigenvalue weighted by Gasteiger charge is 1.92. The van der Waals surface area contributed by atoms with E-state index in [0.29, 0.717) is 5.82 Å². The van der Waals surface area contributed by atoms with E-state index in [1.54, 1.807) is 14.0 Å². The van der Waals surface area contributed by atoms with Crippen LogP contribution in [0.5, 0.6) is 0 Å². The maximum Gasteiger partial charge on any atom is 0.247 e. The molecule has 0 radical (unpaired) electrons. The molecule has 0 amide bonds. The minimum absolute atomic E-state index is 0.154. The van der Waals surface area contributed by atoms with Crippen molar-refractivity contribution < 1.29 is 0 Å². The number of nitrogens with zero attached hydrogens (tertiary/aromatic N) is 4. The molecule has 1 heterocycles. The molecule has 0 bridgehead atoms. The van der Waals surface area contributed by atoms with Crippen molar-refractivity contribution in [2.45, 2.75) is 13.0 Å². The Balaban J connectivity index is 2.74. The molecule has 5 nitrogen and oxygen atoms in total. The Morgan fingerprint density at radius 1 is 1.64 bits per heavy atom. The van der Waals surface area contributed by atoms with Gasteiger partial charge in [-0.2, -0.15) is 4.80 Å². The molecule has 1 rings (SSSR count). The smallest absolute Gasteiger partial charge is 0.247 e. The molecule has 1 aromatic rings. The third-order valence-electron chi connectivity index (χ3n) is 0.920. The van der Waals surface area contributed by atoms with Crippen LogP contribution in [0.4, 0.5) is 0 Å². The topological polar surface area (TPSA) is 69.6 Å². The average Bonchev–Trinajstić information content (AvgIpc) is 2.31. The van der Waals surface area contributed by atoms with Crippen molar-refractivity contribution in [3.05, 3.63) is 5.82 Å². The Bertz CT molecular complexity index is 289. The van der Waals surface area contributed by atoms with Gasteiger partial charge in [0.2, 0.25) is 5.82 Å². The van der Waals surface area contributed by atoms with Crippen LogP contribution in [-0.4, -0.2) is 26.2 Å². The van der Waals surface area contributed by atoms with E-state index in [9.17, 15) is 0 Å². The Labute approximate surface area is 64.6 Å². The largest absolute Gasteiger partial charge is 0.318 e. The lowest BCUT2D eigenvalue weighted by atomic mass is 10.4. The quantitative estimate of drug-likeness (QED) is 0.478. The van der Waals surface area contributed by atoms with Gasteiger partial charge in [0.05, 0.1) is 13.1 Å². The summed E-state index contributed by atoms with van der Waals surface area (Å²) in [5, 5.41) is 11.1. The molecule has 0 fully saturated rings. The van der Waals surface area contributed by atoms with E-state index in [0.717, 1.165) is 0 Å². The fourth-order valence-corrected chi connectivity index (χ4v) is 0.513. The predicted molar refractivity (Wildman–Crippen MR) is 39.3 cm³/mol. The maximum atomic E-state index is 5.39. The van der Waals surface area contributed by atoms with Gasteiger partial charge in [-0.3, -0.25) is 0 Å². The normalized spacial score (nSPS) is 11.9. The average molecular weight is 151 g/mol. The second kappa shape index (κ2) is 3.12. The van der Waals surface area contributed by atoms with E-state index < -0.39 is 0 Å². The number of hydrogen-bond donors (Lipinski definition) is 1. The van der Waals surface area contributed by atoms with Crippen molar-refractivity contribution in [1.29, 1.82) is 0 Å². The van der Waals surface area contributed by atoms with Crippen molar-refractivity contribution in [3.63, 3.8) is 0 Å². The molecule has 5 heteroatoms. The van der Waals surface area contributed by atoms with Crippen LogP contribution < -0.4 is 5.73 Å². The molecule has 1 unspecified atom stereocenters. The Kier molecular flexibility index (Phi) is 2.18. The molecule has 58 valence electrons. The van der Waals surface area contributed by atoms with Crippen LogP contribution in [-0.2, 0) is 7.05 Å². The number of tetrazole rings is 1. The summed E-state index contributed by atoms with van der Waals surface area (Å²) in [5.41, 5.74) is 5.39. The standard InChI is InChI=1S/C6H9N5/c1-5(7)3-4-6-8-10-11(2)9-6/h5H,7H2,1-2H3. The number of rotatable bonds is 0. The summed E-state index contributed by atoms with van der Waals surface area (Å²) in [7, 11) is 1.68. The Morgan fingerprint density at radius 3 is 2.82 bits per heavy atom. The van der Waals surface area contributed by atoms with Crippen molar-refractivity contribution in [2.24, 2.45) is 12.8 Å². The van der Waals surface area contributed by atoms with Gasteiger partial charge in [0.15, 0.2) is 0 Å². The lowest BCUT2D eigenvalue weighted by Gasteiger charge is -1.85. The molecule has 0 aromatic carbocycles. The van der Waals surface area contributed by atoms with Gasteiger partial charge >= 0.3 is 0 Å². The first kappa shape index (κ1) is 7.69. The highest BCUT2D eigenvalue weighted by atomic mass is 15.6. The van der Waals surface area contributed by atoms with Crippen LogP contribution in [0, 0.1) is 11.8 Å². The van der Waals surface area contributed by atoms with Crippen LogP contribution in [0.3, 0.4) is 0 Å². The molecule has 0 spiro atoms. The molecule has 1 aromatic heterocycles. The predicted octanol–water partition coefficient (Wildman–Crippen LogP) is -1.09. The van der Waals surface area contributed by atoms with E-state index in [1.165, 1.54) is 4.80 Å². The van der Waals surface area contributed by atoms with Gasteiger partial charge in [0, 0.05) is 0 Å². The summed E-state index contributed by atoms with van der Waals surface area (Å²) in [4.78, 5) is 1.35. The zero-order valence-corrected chi connectivity index (χ0v) is 6.44. The molecule has 0 saturated carbocycles. The minimum atomic E-state index is -0.154. The second-order valence-corrected chi connectivity index (χ2v) is 2.16. The first-order chi connectivity index (χ1) is 5.18. The molecule has 11 heavy (non-hydrogen) atoms. The summed E-state index contributed by atoms with van der Waals surface area (Å²) in [6.45, 7) is 1.80. The van der Waals surface area contributed by atoms with Gasteiger partial charge in [0.1, 0.15) is 0 Å². The van der Waals surface area contributed by atoms with Gasteiger partial charge in [-0.05, 0) is 18.1 Å². The summed E-state index contributed by atoms with van der Waals surface area (Å²) in [6.07, 6.45) is 0. The number of aromatic nitrogens is 4. The van der Waals surface area contributed by atoms with Gasteiger partial charge in [0.25, 0.3) is 0 Å². The SMILES string of the molecule is CC(N)C#Cc1nnn(C)n1. The lowest BCUT2D eigenvalue weighted by molar-refractivity contribution is 0.629. The van der Waals surface area contributed by atoms with E-state index in [4.69, 9.17) is 5.73 Å². The third kappa shape index (κ3) is 2.35. The minimum Gasteiger partial charge on any atom is -0.318 e. The van der Waals surface area contributed by atoms with Crippen molar-refractivity contribution >= 4 is 0 Å². The van der Waals surface area contributed by atoms with Crippen molar-refractivity contribution in [3.8, 4) is 11.8 Å². The van der Waals surface area contributed by atoms with E-state index in [2.05, 4.69) is 27.3 Å². The number of nitrogens with two attached hydrogens (primary N) is 1. The van der Waals surface area contributed by atoms with Crippen LogP contribution in [0.15, 0.2) is 0 Å². The van der Waals surface area contributed by atoms with Gasteiger partial charge in [-0.25, -0.2) is 0 Å². The number of hydrogen-bond acceptors (Lipinski definition) is 4. The molecule has 0 saturated heterocycles. The summed E-state index contributed by atoms with van der Waals surface area (Å²) >= 11 is 0. The van der Waals surface area contributed by atoms with Crippen LogP contribution in [0.2, 0.25) is 0 Å². The third-order valence-corrected chi connectivity index (χ3v) is 0.920. The highest BCUT2D eigenvalue weighted by molar-refractivity contribution is 5.19. The van der Waals surface area contributed by atoms with Gasteiger partial charge < -0.3 is 5.73 Å². The van der Waals surface area contributed by atoms with E-state index in [-0.39, 0.29) is 6.04 Å². The zero-order valence-electron chi connectivity index (χ0n) is 6.44. The maximum absolute atomic E-state index is 5.39. The molecule has 0 aliphatic heterocycles. The summed E-state index contributed by atoms with van der Waals surface area (Å²) in [6, 6.07) is -0.154. The molecular formula is C6H9N5. The fourth-order valence-electron chi connectivity index (χ4n) is 0.513. The highest BCUT2D eigenvalue weighted by Crippen LogP contribution is 1.79. The van der Waals surface area contributed by atoms with Gasteiger partial charge in [-0.1, -0.05) is 11.0 Å². The van der Waals surface area contributed by atoms with Crippen LogP contribution in [0.25, 0.3) is 0 Å². The first-order valence-corrected chi connectivity index (χ1v) is 3.19. The molecule has 1 atom stereocenters. The summed E-state index contributed by atoms with van der Waals surface area (Å²) < 4.78 is 0. The second-order valence-electron chi connectivity index (χ2n) is 2.16. The fraction of sp³-hybridized carbons (Fsp3) is 0.500. The van der Waals surface area contributed by atoms with E-state index in [1.807, 2.05) is 0 Å². The first-order valence-electron chi connectivity index (χ1n) is 3.19. The molecule has 2 N–H and O–H groups in total. The van der Waals surface area contributed by atoms with Crippen molar-refractivity contribution in [2.75, 3.05) is 0 Å². The molecule has 0 aliphatic carbocycles. The zero-order chi connectivity index (χ0) is 8.27. The number of aryl methyl sites for hydroxylation is 1.